The van der Waals surface area contributed by atoms with Crippen molar-refractivity contribution < 1.29 is 12.8 Å². The highest BCUT2D eigenvalue weighted by atomic mass is 32.2. The van der Waals surface area contributed by atoms with Crippen molar-refractivity contribution in [2.45, 2.75) is 49.6 Å². The Morgan fingerprint density at radius 3 is 2.63 bits per heavy atom. The summed E-state index contributed by atoms with van der Waals surface area (Å²) in [6.45, 7) is 2.01. The molecule has 1 fully saturated rings. The Morgan fingerprint density at radius 2 is 1.93 bits per heavy atom. The molecule has 1 aliphatic rings. The van der Waals surface area contributed by atoms with Gasteiger partial charge in [-0.15, -0.1) is 0 Å². The molecule has 3 aromatic rings. The van der Waals surface area contributed by atoms with Crippen LogP contribution in [0.5, 0.6) is 0 Å². The maximum Gasteiger partial charge on any atom is 0.336 e. The SMILES string of the molecule is Cc1cnn(C2CCC(NS(=O)(=O)c3ccc4oc(=O)ccc4c3)CC2)c1. The zero-order chi connectivity index (χ0) is 19.0. The number of aromatic nitrogens is 2. The van der Waals surface area contributed by atoms with Crippen LogP contribution in [0.25, 0.3) is 11.0 Å². The normalized spacial score (nSPS) is 20.8. The topological polar surface area (TPSA) is 94.2 Å². The van der Waals surface area contributed by atoms with E-state index in [9.17, 15) is 13.2 Å². The van der Waals surface area contributed by atoms with Crippen molar-refractivity contribution in [1.29, 1.82) is 0 Å². The lowest BCUT2D eigenvalue weighted by Gasteiger charge is -2.29. The lowest BCUT2D eigenvalue weighted by molar-refractivity contribution is 0.293. The van der Waals surface area contributed by atoms with E-state index in [2.05, 4.69) is 9.82 Å². The Hall–Kier alpha value is -2.45. The van der Waals surface area contributed by atoms with E-state index in [1.54, 1.807) is 6.07 Å². The predicted octanol–water partition coefficient (Wildman–Crippen LogP) is 2.76. The van der Waals surface area contributed by atoms with Gasteiger partial charge in [-0.2, -0.15) is 5.10 Å². The van der Waals surface area contributed by atoms with E-state index in [1.807, 2.05) is 24.0 Å². The summed E-state index contributed by atoms with van der Waals surface area (Å²) in [4.78, 5) is 11.4. The van der Waals surface area contributed by atoms with Crippen LogP contribution < -0.4 is 10.3 Å². The molecule has 0 radical (unpaired) electrons. The molecule has 7 nitrogen and oxygen atoms in total. The van der Waals surface area contributed by atoms with Crippen LogP contribution in [0.4, 0.5) is 0 Å². The van der Waals surface area contributed by atoms with Gasteiger partial charge < -0.3 is 4.42 Å². The fraction of sp³-hybridized carbons (Fsp3) is 0.368. The molecule has 2 aromatic heterocycles. The molecule has 1 N–H and O–H groups in total. The smallest absolute Gasteiger partial charge is 0.336 e. The Labute approximate surface area is 157 Å². The second kappa shape index (κ2) is 6.94. The average Bonchev–Trinajstić information content (AvgIpc) is 3.08. The lowest BCUT2D eigenvalue weighted by atomic mass is 9.92. The van der Waals surface area contributed by atoms with Crippen LogP contribution >= 0.6 is 0 Å². The van der Waals surface area contributed by atoms with Crippen molar-refractivity contribution in [2.75, 3.05) is 0 Å². The van der Waals surface area contributed by atoms with E-state index < -0.39 is 15.6 Å². The molecule has 0 spiro atoms. The number of hydrogen-bond donors (Lipinski definition) is 1. The first-order chi connectivity index (χ1) is 12.9. The van der Waals surface area contributed by atoms with Crippen molar-refractivity contribution in [3.63, 3.8) is 0 Å². The maximum absolute atomic E-state index is 12.7. The minimum absolute atomic E-state index is 0.0905. The van der Waals surface area contributed by atoms with E-state index in [0.29, 0.717) is 17.0 Å². The number of aryl methyl sites for hydroxylation is 1. The first-order valence-electron chi connectivity index (χ1n) is 8.98. The minimum Gasteiger partial charge on any atom is -0.423 e. The third-order valence-corrected chi connectivity index (χ3v) is 6.54. The summed E-state index contributed by atoms with van der Waals surface area (Å²) in [7, 11) is -3.63. The van der Waals surface area contributed by atoms with Gasteiger partial charge in [0.05, 0.1) is 17.1 Å². The van der Waals surface area contributed by atoms with E-state index in [4.69, 9.17) is 4.42 Å². The number of hydrogen-bond acceptors (Lipinski definition) is 5. The molecular formula is C19H21N3O4S. The fourth-order valence-electron chi connectivity index (χ4n) is 3.60. The van der Waals surface area contributed by atoms with Gasteiger partial charge in [-0.3, -0.25) is 4.68 Å². The van der Waals surface area contributed by atoms with Crippen LogP contribution in [0.3, 0.4) is 0 Å². The molecular weight excluding hydrogens is 366 g/mol. The number of benzene rings is 1. The summed E-state index contributed by atoms with van der Waals surface area (Å²) in [6.07, 6.45) is 7.18. The van der Waals surface area contributed by atoms with Crippen molar-refractivity contribution in [3.8, 4) is 0 Å². The van der Waals surface area contributed by atoms with Crippen molar-refractivity contribution in [1.82, 2.24) is 14.5 Å². The second-order valence-corrected chi connectivity index (χ2v) is 8.79. The second-order valence-electron chi connectivity index (χ2n) is 7.08. The molecule has 1 saturated carbocycles. The average molecular weight is 387 g/mol. The first-order valence-corrected chi connectivity index (χ1v) is 10.5. The summed E-state index contributed by atoms with van der Waals surface area (Å²) in [6, 6.07) is 7.59. The molecule has 1 aliphatic carbocycles. The molecule has 27 heavy (non-hydrogen) atoms. The third kappa shape index (κ3) is 3.81. The maximum atomic E-state index is 12.7. The van der Waals surface area contributed by atoms with Gasteiger partial charge in [0, 0.05) is 23.7 Å². The zero-order valence-corrected chi connectivity index (χ0v) is 15.8. The highest BCUT2D eigenvalue weighted by Gasteiger charge is 2.27. The minimum atomic E-state index is -3.63. The van der Waals surface area contributed by atoms with Crippen LogP contribution in [-0.2, 0) is 10.0 Å². The van der Waals surface area contributed by atoms with Gasteiger partial charge in [-0.25, -0.2) is 17.9 Å². The monoisotopic (exact) mass is 387 g/mol. The van der Waals surface area contributed by atoms with Crippen LogP contribution in [-0.4, -0.2) is 24.2 Å². The van der Waals surface area contributed by atoms with E-state index in [0.717, 1.165) is 31.2 Å². The Bertz CT molecular complexity index is 1130. The predicted molar refractivity (Wildman–Crippen MR) is 101 cm³/mol. The first kappa shape index (κ1) is 17.9. The number of sulfonamides is 1. The molecule has 0 saturated heterocycles. The van der Waals surface area contributed by atoms with Gasteiger partial charge in [0.15, 0.2) is 0 Å². The van der Waals surface area contributed by atoms with E-state index >= 15 is 0 Å². The van der Waals surface area contributed by atoms with Gasteiger partial charge in [0.2, 0.25) is 10.0 Å². The highest BCUT2D eigenvalue weighted by molar-refractivity contribution is 7.89. The van der Waals surface area contributed by atoms with Crippen molar-refractivity contribution >= 4 is 21.0 Å². The summed E-state index contributed by atoms with van der Waals surface area (Å²) in [5, 5.41) is 4.95. The van der Waals surface area contributed by atoms with Crippen LogP contribution in [0.1, 0.15) is 37.3 Å². The molecule has 1 aromatic carbocycles. The standard InChI is InChI=1S/C19H21N3O4S/c1-13-11-20-22(12-13)16-5-3-15(4-6-16)21-27(24,25)17-7-8-18-14(10-17)2-9-19(23)26-18/h2,7-12,15-16,21H,3-6H2,1H3. The summed E-state index contributed by atoms with van der Waals surface area (Å²) in [5.74, 6) is 0. The molecule has 4 rings (SSSR count). The lowest BCUT2D eigenvalue weighted by Crippen LogP contribution is -2.38. The molecule has 142 valence electrons. The Balaban J connectivity index is 1.46. The van der Waals surface area contributed by atoms with Gasteiger partial charge >= 0.3 is 5.63 Å². The molecule has 2 heterocycles. The summed E-state index contributed by atoms with van der Waals surface area (Å²) in [5.41, 5.74) is 1.04. The summed E-state index contributed by atoms with van der Waals surface area (Å²) < 4.78 is 35.3. The molecule has 8 heteroatoms. The third-order valence-electron chi connectivity index (χ3n) is 5.02. The fourth-order valence-corrected chi connectivity index (χ4v) is 4.94. The highest BCUT2D eigenvalue weighted by Crippen LogP contribution is 2.29. The number of fused-ring (bicyclic) bond motifs is 1. The molecule has 0 bridgehead atoms. The van der Waals surface area contributed by atoms with Crippen LogP contribution in [0.15, 0.2) is 56.8 Å². The number of rotatable bonds is 4. The molecule has 0 amide bonds. The Morgan fingerprint density at radius 1 is 1.15 bits per heavy atom. The van der Waals surface area contributed by atoms with Gasteiger partial charge in [-0.1, -0.05) is 0 Å². The van der Waals surface area contributed by atoms with Crippen LogP contribution in [0.2, 0.25) is 0 Å². The van der Waals surface area contributed by atoms with Crippen molar-refractivity contribution in [3.05, 3.63) is 58.7 Å². The number of nitrogens with one attached hydrogen (secondary N) is 1. The van der Waals surface area contributed by atoms with Gasteiger partial charge in [-0.05, 0) is 62.4 Å². The summed E-state index contributed by atoms with van der Waals surface area (Å²) >= 11 is 0. The quantitative estimate of drug-likeness (QED) is 0.695. The molecule has 0 unspecified atom stereocenters. The molecule has 0 atom stereocenters. The van der Waals surface area contributed by atoms with Crippen molar-refractivity contribution in [2.24, 2.45) is 0 Å². The van der Waals surface area contributed by atoms with E-state index in [1.165, 1.54) is 24.3 Å². The number of nitrogens with zero attached hydrogens (tertiary/aromatic N) is 2. The zero-order valence-electron chi connectivity index (χ0n) is 15.0. The largest absolute Gasteiger partial charge is 0.423 e. The molecule has 0 aliphatic heterocycles. The van der Waals surface area contributed by atoms with E-state index in [-0.39, 0.29) is 10.9 Å². The van der Waals surface area contributed by atoms with Gasteiger partial charge in [0.25, 0.3) is 0 Å². The van der Waals surface area contributed by atoms with Crippen LogP contribution in [0, 0.1) is 6.92 Å². The van der Waals surface area contributed by atoms with Gasteiger partial charge in [0.1, 0.15) is 5.58 Å². The Kier molecular flexibility index (Phi) is 4.61.